The number of methoxy groups -OCH3 is 1. The van der Waals surface area contributed by atoms with Gasteiger partial charge in [-0.1, -0.05) is 40.0 Å². The van der Waals surface area contributed by atoms with E-state index in [1.807, 2.05) is 7.11 Å². The van der Waals surface area contributed by atoms with Crippen molar-refractivity contribution in [2.45, 2.75) is 71.4 Å². The second-order valence-electron chi connectivity index (χ2n) is 5.98. The Morgan fingerprint density at radius 2 is 2.06 bits per heavy atom. The van der Waals surface area contributed by atoms with E-state index in [1.165, 1.54) is 38.5 Å². The Hall–Kier alpha value is -0.0800. The fraction of sp³-hybridized carbons (Fsp3) is 1.00. The van der Waals surface area contributed by atoms with Crippen LogP contribution in [0.15, 0.2) is 0 Å². The highest BCUT2D eigenvalue weighted by atomic mass is 16.5. The lowest BCUT2D eigenvalue weighted by Crippen LogP contribution is -2.43. The monoisotopic (exact) mass is 241 g/mol. The zero-order valence-corrected chi connectivity index (χ0v) is 12.2. The van der Waals surface area contributed by atoms with Crippen LogP contribution in [0.5, 0.6) is 0 Å². The van der Waals surface area contributed by atoms with Gasteiger partial charge in [-0.15, -0.1) is 0 Å². The number of rotatable bonds is 7. The molecule has 1 fully saturated rings. The van der Waals surface area contributed by atoms with Crippen LogP contribution in [-0.2, 0) is 4.74 Å². The minimum absolute atomic E-state index is 0.556. The minimum Gasteiger partial charge on any atom is -0.383 e. The molecule has 2 heteroatoms. The standard InChI is InChI=1S/C15H31NO/c1-5-7-15(11-17-4)16-14-9-6-8-13(10-14)12(2)3/h12-16H,5-11H2,1-4H3. The highest BCUT2D eigenvalue weighted by Gasteiger charge is 2.25. The third kappa shape index (κ3) is 5.39. The normalized spacial score (nSPS) is 27.4. The van der Waals surface area contributed by atoms with Crippen molar-refractivity contribution in [3.05, 3.63) is 0 Å². The zero-order chi connectivity index (χ0) is 12.7. The van der Waals surface area contributed by atoms with Gasteiger partial charge in [-0.3, -0.25) is 0 Å². The summed E-state index contributed by atoms with van der Waals surface area (Å²) in [7, 11) is 1.81. The second kappa shape index (κ2) is 8.10. The van der Waals surface area contributed by atoms with E-state index in [9.17, 15) is 0 Å². The molecule has 0 spiro atoms. The molecule has 0 aliphatic heterocycles. The average Bonchev–Trinajstić information content (AvgIpc) is 2.30. The Bertz CT molecular complexity index is 187. The van der Waals surface area contributed by atoms with Crippen LogP contribution in [-0.4, -0.2) is 25.8 Å². The number of hydrogen-bond donors (Lipinski definition) is 1. The molecule has 0 heterocycles. The molecule has 0 amide bonds. The molecule has 1 rings (SSSR count). The van der Waals surface area contributed by atoms with Gasteiger partial charge in [0, 0.05) is 19.2 Å². The van der Waals surface area contributed by atoms with E-state index in [2.05, 4.69) is 26.1 Å². The second-order valence-corrected chi connectivity index (χ2v) is 5.98. The van der Waals surface area contributed by atoms with E-state index >= 15 is 0 Å². The molecule has 1 N–H and O–H groups in total. The highest BCUT2D eigenvalue weighted by Crippen LogP contribution is 2.30. The minimum atomic E-state index is 0.556. The summed E-state index contributed by atoms with van der Waals surface area (Å²) in [6.45, 7) is 7.84. The van der Waals surface area contributed by atoms with Crippen molar-refractivity contribution in [1.82, 2.24) is 5.32 Å². The van der Waals surface area contributed by atoms with Gasteiger partial charge in [0.25, 0.3) is 0 Å². The Labute approximate surface area is 108 Å². The van der Waals surface area contributed by atoms with Gasteiger partial charge >= 0.3 is 0 Å². The molecular formula is C15H31NO. The summed E-state index contributed by atoms with van der Waals surface area (Å²) in [4.78, 5) is 0. The van der Waals surface area contributed by atoms with Crippen molar-refractivity contribution in [1.29, 1.82) is 0 Å². The van der Waals surface area contributed by atoms with E-state index < -0.39 is 0 Å². The lowest BCUT2D eigenvalue weighted by Gasteiger charge is -2.34. The lowest BCUT2D eigenvalue weighted by atomic mass is 9.79. The predicted molar refractivity (Wildman–Crippen MR) is 74.3 cm³/mol. The Morgan fingerprint density at radius 1 is 1.29 bits per heavy atom. The first-order valence-corrected chi connectivity index (χ1v) is 7.42. The summed E-state index contributed by atoms with van der Waals surface area (Å²) < 4.78 is 5.31. The van der Waals surface area contributed by atoms with Crippen molar-refractivity contribution in [3.8, 4) is 0 Å². The van der Waals surface area contributed by atoms with Crippen LogP contribution in [0, 0.1) is 11.8 Å². The maximum absolute atomic E-state index is 5.31. The SMILES string of the molecule is CCCC(COC)NC1CCCC(C(C)C)C1. The molecule has 1 aliphatic rings. The summed E-state index contributed by atoms with van der Waals surface area (Å²) in [6.07, 6.45) is 8.01. The molecule has 0 bridgehead atoms. The van der Waals surface area contributed by atoms with Crippen LogP contribution in [0.3, 0.4) is 0 Å². The van der Waals surface area contributed by atoms with Gasteiger partial charge in [-0.05, 0) is 31.1 Å². The van der Waals surface area contributed by atoms with Gasteiger partial charge in [0.05, 0.1) is 6.61 Å². The molecular weight excluding hydrogens is 210 g/mol. The van der Waals surface area contributed by atoms with E-state index in [-0.39, 0.29) is 0 Å². The molecule has 1 aliphatic carbocycles. The molecule has 17 heavy (non-hydrogen) atoms. The number of ether oxygens (including phenoxy) is 1. The first kappa shape index (κ1) is 15.0. The van der Waals surface area contributed by atoms with Gasteiger partial charge in [0.1, 0.15) is 0 Å². The third-order valence-corrected chi connectivity index (χ3v) is 4.13. The van der Waals surface area contributed by atoms with Crippen LogP contribution >= 0.6 is 0 Å². The van der Waals surface area contributed by atoms with Crippen LogP contribution < -0.4 is 5.32 Å². The molecule has 0 radical (unpaired) electrons. The van der Waals surface area contributed by atoms with Crippen molar-refractivity contribution in [3.63, 3.8) is 0 Å². The lowest BCUT2D eigenvalue weighted by molar-refractivity contribution is 0.141. The van der Waals surface area contributed by atoms with E-state index in [0.29, 0.717) is 6.04 Å². The van der Waals surface area contributed by atoms with Crippen molar-refractivity contribution in [2.75, 3.05) is 13.7 Å². The topological polar surface area (TPSA) is 21.3 Å². The summed E-state index contributed by atoms with van der Waals surface area (Å²) in [5, 5.41) is 3.82. The fourth-order valence-corrected chi connectivity index (χ4v) is 3.08. The zero-order valence-electron chi connectivity index (χ0n) is 12.2. The average molecular weight is 241 g/mol. The van der Waals surface area contributed by atoms with Crippen LogP contribution in [0.25, 0.3) is 0 Å². The molecule has 3 atom stereocenters. The largest absolute Gasteiger partial charge is 0.383 e. The fourth-order valence-electron chi connectivity index (χ4n) is 3.08. The van der Waals surface area contributed by atoms with Crippen molar-refractivity contribution < 1.29 is 4.74 Å². The number of nitrogens with one attached hydrogen (secondary N) is 1. The van der Waals surface area contributed by atoms with Crippen molar-refractivity contribution >= 4 is 0 Å². The Balaban J connectivity index is 2.37. The summed E-state index contributed by atoms with van der Waals surface area (Å²) in [5.74, 6) is 1.76. The van der Waals surface area contributed by atoms with Crippen LogP contribution in [0.4, 0.5) is 0 Å². The molecule has 3 unspecified atom stereocenters. The van der Waals surface area contributed by atoms with E-state index in [4.69, 9.17) is 4.74 Å². The maximum atomic E-state index is 5.31. The molecule has 0 aromatic carbocycles. The summed E-state index contributed by atoms with van der Waals surface area (Å²) in [5.41, 5.74) is 0. The predicted octanol–water partition coefficient (Wildman–Crippen LogP) is 3.61. The highest BCUT2D eigenvalue weighted by molar-refractivity contribution is 4.82. The molecule has 102 valence electrons. The quantitative estimate of drug-likeness (QED) is 0.735. The van der Waals surface area contributed by atoms with Gasteiger partial charge in [0.2, 0.25) is 0 Å². The molecule has 2 nitrogen and oxygen atoms in total. The molecule has 0 aromatic heterocycles. The van der Waals surface area contributed by atoms with Crippen molar-refractivity contribution in [2.24, 2.45) is 11.8 Å². The Kier molecular flexibility index (Phi) is 7.14. The molecule has 1 saturated carbocycles. The first-order valence-electron chi connectivity index (χ1n) is 7.42. The summed E-state index contributed by atoms with van der Waals surface area (Å²) >= 11 is 0. The van der Waals surface area contributed by atoms with Gasteiger partial charge in [0.15, 0.2) is 0 Å². The van der Waals surface area contributed by atoms with Crippen LogP contribution in [0.1, 0.15) is 59.3 Å². The van der Waals surface area contributed by atoms with E-state index in [0.717, 1.165) is 24.5 Å². The smallest absolute Gasteiger partial charge is 0.0615 e. The number of hydrogen-bond acceptors (Lipinski definition) is 2. The van der Waals surface area contributed by atoms with E-state index in [1.54, 1.807) is 0 Å². The van der Waals surface area contributed by atoms with Gasteiger partial charge < -0.3 is 10.1 Å². The summed E-state index contributed by atoms with van der Waals surface area (Å²) in [6, 6.07) is 1.28. The maximum Gasteiger partial charge on any atom is 0.0615 e. The first-order chi connectivity index (χ1) is 8.17. The van der Waals surface area contributed by atoms with Gasteiger partial charge in [-0.25, -0.2) is 0 Å². The third-order valence-electron chi connectivity index (χ3n) is 4.13. The van der Waals surface area contributed by atoms with Gasteiger partial charge in [-0.2, -0.15) is 0 Å². The Morgan fingerprint density at radius 3 is 2.65 bits per heavy atom. The van der Waals surface area contributed by atoms with Crippen LogP contribution in [0.2, 0.25) is 0 Å². The molecule has 0 aromatic rings. The molecule has 0 saturated heterocycles.